The van der Waals surface area contributed by atoms with Crippen LogP contribution in [0.25, 0.3) is 0 Å². The topological polar surface area (TPSA) is 55.8 Å². The third-order valence-electron chi connectivity index (χ3n) is 4.74. The van der Waals surface area contributed by atoms with Crippen LogP contribution in [0.1, 0.15) is 24.4 Å². The van der Waals surface area contributed by atoms with Gasteiger partial charge in [0.1, 0.15) is 18.1 Å². The van der Waals surface area contributed by atoms with Gasteiger partial charge < -0.3 is 9.47 Å². The Labute approximate surface area is 154 Å². The Morgan fingerprint density at radius 2 is 1.70 bits per heavy atom. The van der Waals surface area contributed by atoms with E-state index >= 15 is 0 Å². The fourth-order valence-corrected chi connectivity index (χ4v) is 5.20. The van der Waals surface area contributed by atoms with Crippen LogP contribution in [0.15, 0.2) is 35.2 Å². The second-order valence-corrected chi connectivity index (χ2v) is 8.21. The normalized spacial score (nSPS) is 20.0. The maximum atomic E-state index is 14.1. The summed E-state index contributed by atoms with van der Waals surface area (Å²) in [6, 6.07) is 5.94. The van der Waals surface area contributed by atoms with E-state index in [4.69, 9.17) is 9.47 Å². The highest BCUT2D eigenvalue weighted by Gasteiger charge is 2.39. The van der Waals surface area contributed by atoms with Gasteiger partial charge in [-0.1, -0.05) is 6.07 Å². The molecular weight excluding hydrogens is 383 g/mol. The predicted molar refractivity (Wildman–Crippen MR) is 89.6 cm³/mol. The molecular formula is C18H16F3NO4S. The number of benzene rings is 2. The summed E-state index contributed by atoms with van der Waals surface area (Å²) in [7, 11) is -4.35. The van der Waals surface area contributed by atoms with Crippen molar-refractivity contribution in [1.29, 1.82) is 0 Å². The molecule has 0 saturated carbocycles. The van der Waals surface area contributed by atoms with Crippen molar-refractivity contribution in [2.45, 2.75) is 23.8 Å². The van der Waals surface area contributed by atoms with Crippen molar-refractivity contribution in [1.82, 2.24) is 4.31 Å². The van der Waals surface area contributed by atoms with Crippen LogP contribution in [0.2, 0.25) is 0 Å². The molecule has 144 valence electrons. The third-order valence-corrected chi connectivity index (χ3v) is 6.67. The zero-order chi connectivity index (χ0) is 19.2. The van der Waals surface area contributed by atoms with Gasteiger partial charge in [0, 0.05) is 6.54 Å². The lowest BCUT2D eigenvalue weighted by Crippen LogP contribution is -2.31. The second-order valence-electron chi connectivity index (χ2n) is 6.35. The molecule has 0 radical (unpaired) electrons. The van der Waals surface area contributed by atoms with Gasteiger partial charge in [-0.25, -0.2) is 21.6 Å². The van der Waals surface area contributed by atoms with Gasteiger partial charge in [-0.3, -0.25) is 0 Å². The molecule has 1 unspecified atom stereocenters. The van der Waals surface area contributed by atoms with Crippen LogP contribution in [0.3, 0.4) is 0 Å². The molecule has 1 atom stereocenters. The first kappa shape index (κ1) is 18.1. The number of halogens is 3. The summed E-state index contributed by atoms with van der Waals surface area (Å²) >= 11 is 0. The average molecular weight is 399 g/mol. The maximum absolute atomic E-state index is 14.1. The molecule has 1 saturated heterocycles. The van der Waals surface area contributed by atoms with Crippen molar-refractivity contribution in [2.75, 3.05) is 19.8 Å². The number of hydrogen-bond acceptors (Lipinski definition) is 4. The van der Waals surface area contributed by atoms with Gasteiger partial charge in [0.25, 0.3) is 0 Å². The third kappa shape index (κ3) is 3.04. The van der Waals surface area contributed by atoms with Gasteiger partial charge in [-0.2, -0.15) is 4.31 Å². The van der Waals surface area contributed by atoms with Gasteiger partial charge in [-0.05, 0) is 42.7 Å². The number of hydrogen-bond donors (Lipinski definition) is 0. The summed E-state index contributed by atoms with van der Waals surface area (Å²) in [5.74, 6) is -3.85. The van der Waals surface area contributed by atoms with Crippen LogP contribution in [0.4, 0.5) is 13.2 Å². The summed E-state index contributed by atoms with van der Waals surface area (Å²) in [6.07, 6.45) is 1.08. The van der Waals surface area contributed by atoms with Crippen LogP contribution in [0.5, 0.6) is 11.5 Å². The van der Waals surface area contributed by atoms with Gasteiger partial charge in [0.2, 0.25) is 10.0 Å². The number of nitrogens with zero attached hydrogens (tertiary/aromatic N) is 1. The Bertz CT molecular complexity index is 996. The minimum Gasteiger partial charge on any atom is -0.486 e. The Morgan fingerprint density at radius 3 is 2.48 bits per heavy atom. The molecule has 27 heavy (non-hydrogen) atoms. The summed E-state index contributed by atoms with van der Waals surface area (Å²) in [5.41, 5.74) is 0.670. The molecule has 0 N–H and O–H groups in total. The lowest BCUT2D eigenvalue weighted by Gasteiger charge is -2.26. The average Bonchev–Trinajstić information content (AvgIpc) is 3.16. The van der Waals surface area contributed by atoms with Gasteiger partial charge >= 0.3 is 0 Å². The summed E-state index contributed by atoms with van der Waals surface area (Å²) in [4.78, 5) is -0.870. The van der Waals surface area contributed by atoms with Crippen LogP contribution >= 0.6 is 0 Å². The van der Waals surface area contributed by atoms with E-state index in [2.05, 4.69) is 0 Å². The standard InChI is InChI=1S/C18H16F3NO4S/c19-12-4-6-16(18(21)17(12)20)27(23,24)22-7-1-2-13(22)11-3-5-14-15(10-11)26-9-8-25-14/h3-6,10,13H,1-2,7-9H2. The second kappa shape index (κ2) is 6.72. The molecule has 2 heterocycles. The molecule has 0 spiro atoms. The van der Waals surface area contributed by atoms with E-state index in [-0.39, 0.29) is 6.54 Å². The van der Waals surface area contributed by atoms with E-state index in [0.717, 1.165) is 10.4 Å². The van der Waals surface area contributed by atoms with E-state index in [0.29, 0.717) is 49.2 Å². The monoisotopic (exact) mass is 399 g/mol. The molecule has 0 bridgehead atoms. The number of sulfonamides is 1. The highest BCUT2D eigenvalue weighted by molar-refractivity contribution is 7.89. The summed E-state index contributed by atoms with van der Waals surface area (Å²) in [6.45, 7) is 0.981. The molecule has 2 aliphatic rings. The van der Waals surface area contributed by atoms with Gasteiger partial charge in [0.05, 0.1) is 6.04 Å². The Balaban J connectivity index is 1.72. The quantitative estimate of drug-likeness (QED) is 0.743. The smallest absolute Gasteiger partial charge is 0.246 e. The fourth-order valence-electron chi connectivity index (χ4n) is 3.46. The molecule has 0 amide bonds. The van der Waals surface area contributed by atoms with Crippen LogP contribution in [0, 0.1) is 17.5 Å². The fraction of sp³-hybridized carbons (Fsp3) is 0.333. The first-order valence-corrected chi connectivity index (χ1v) is 9.88. The van der Waals surface area contributed by atoms with Crippen LogP contribution in [-0.4, -0.2) is 32.5 Å². The SMILES string of the molecule is O=S(=O)(c1ccc(F)c(F)c1F)N1CCCC1c1ccc2c(c1)OCCO2. The maximum Gasteiger partial charge on any atom is 0.246 e. The molecule has 5 nitrogen and oxygen atoms in total. The first-order chi connectivity index (χ1) is 12.9. The molecule has 2 aliphatic heterocycles. The summed E-state index contributed by atoms with van der Waals surface area (Å²) < 4.78 is 78.8. The van der Waals surface area contributed by atoms with Crippen LogP contribution < -0.4 is 9.47 Å². The van der Waals surface area contributed by atoms with Crippen LogP contribution in [-0.2, 0) is 10.0 Å². The lowest BCUT2D eigenvalue weighted by atomic mass is 10.0. The van der Waals surface area contributed by atoms with Gasteiger partial charge in [0.15, 0.2) is 29.0 Å². The van der Waals surface area contributed by atoms with Crippen molar-refractivity contribution >= 4 is 10.0 Å². The van der Waals surface area contributed by atoms with E-state index < -0.39 is 38.4 Å². The van der Waals surface area contributed by atoms with E-state index in [1.807, 2.05) is 0 Å². The first-order valence-electron chi connectivity index (χ1n) is 8.44. The van der Waals surface area contributed by atoms with Crippen molar-refractivity contribution in [3.8, 4) is 11.5 Å². The Kier molecular flexibility index (Phi) is 4.51. The largest absolute Gasteiger partial charge is 0.486 e. The van der Waals surface area contributed by atoms with Crippen molar-refractivity contribution in [3.05, 3.63) is 53.3 Å². The Morgan fingerprint density at radius 1 is 0.963 bits per heavy atom. The Hall–Kier alpha value is -2.26. The van der Waals surface area contributed by atoms with E-state index in [1.165, 1.54) is 0 Å². The zero-order valence-electron chi connectivity index (χ0n) is 14.1. The van der Waals surface area contributed by atoms with E-state index in [9.17, 15) is 21.6 Å². The lowest BCUT2D eigenvalue weighted by molar-refractivity contribution is 0.171. The molecule has 2 aromatic carbocycles. The predicted octanol–water partition coefficient (Wildman–Crippen LogP) is 3.40. The molecule has 1 fully saturated rings. The van der Waals surface area contributed by atoms with Crippen molar-refractivity contribution in [3.63, 3.8) is 0 Å². The number of ether oxygens (including phenoxy) is 2. The molecule has 0 aliphatic carbocycles. The molecule has 9 heteroatoms. The molecule has 2 aromatic rings. The zero-order valence-corrected chi connectivity index (χ0v) is 14.9. The van der Waals surface area contributed by atoms with Gasteiger partial charge in [-0.15, -0.1) is 0 Å². The minimum absolute atomic E-state index is 0.153. The minimum atomic E-state index is -4.35. The van der Waals surface area contributed by atoms with E-state index in [1.54, 1.807) is 18.2 Å². The number of fused-ring (bicyclic) bond motifs is 1. The molecule has 4 rings (SSSR count). The van der Waals surface area contributed by atoms with Crippen molar-refractivity contribution in [2.24, 2.45) is 0 Å². The highest BCUT2D eigenvalue weighted by atomic mass is 32.2. The summed E-state index contributed by atoms with van der Waals surface area (Å²) in [5, 5.41) is 0. The highest BCUT2D eigenvalue weighted by Crippen LogP contribution is 2.41. The number of rotatable bonds is 3. The molecule has 0 aromatic heterocycles. The van der Waals surface area contributed by atoms with Crippen molar-refractivity contribution < 1.29 is 31.1 Å².